The molecule has 2 atom stereocenters. The minimum Gasteiger partial charge on any atom is -0.508 e. The zero-order valence-corrected chi connectivity index (χ0v) is 20.7. The summed E-state index contributed by atoms with van der Waals surface area (Å²) in [6.45, 7) is 8.20. The number of hydrogen-bond acceptors (Lipinski definition) is 5. The molecule has 2 aliphatic heterocycles. The Morgan fingerprint density at radius 3 is 2.71 bits per heavy atom. The molecular weight excluding hydrogens is 444 g/mol. The van der Waals surface area contributed by atoms with Gasteiger partial charge in [-0.25, -0.2) is 4.79 Å². The van der Waals surface area contributed by atoms with Crippen LogP contribution in [0.25, 0.3) is 10.9 Å². The Morgan fingerprint density at radius 2 is 2.00 bits per heavy atom. The van der Waals surface area contributed by atoms with E-state index in [4.69, 9.17) is 4.74 Å². The van der Waals surface area contributed by atoms with E-state index >= 15 is 0 Å². The molecule has 2 aliphatic rings. The van der Waals surface area contributed by atoms with E-state index in [1.54, 1.807) is 23.1 Å². The van der Waals surface area contributed by atoms with Crippen molar-refractivity contribution < 1.29 is 19.4 Å². The fourth-order valence-corrected chi connectivity index (χ4v) is 5.42. The maximum Gasteiger partial charge on any atom is 0.328 e. The molecule has 2 unspecified atom stereocenters. The molecule has 3 heterocycles. The van der Waals surface area contributed by atoms with Crippen LogP contribution in [0.3, 0.4) is 0 Å². The lowest BCUT2D eigenvalue weighted by molar-refractivity contribution is -0.133. The van der Waals surface area contributed by atoms with Crippen LogP contribution in [-0.4, -0.2) is 75.6 Å². The number of hydrogen-bond donors (Lipinski definition) is 2. The third-order valence-electron chi connectivity index (χ3n) is 7.38. The summed E-state index contributed by atoms with van der Waals surface area (Å²) in [6, 6.07) is 12.0. The molecule has 0 saturated carbocycles. The molecule has 1 fully saturated rings. The molecular formula is C27H32N4O4. The molecule has 8 nitrogen and oxygen atoms in total. The maximum atomic E-state index is 13.8. The quantitative estimate of drug-likeness (QED) is 0.505. The number of phenolic OH excluding ortho intramolecular Hbond substituents is 1. The van der Waals surface area contributed by atoms with Crippen LogP contribution in [0.5, 0.6) is 11.5 Å². The molecule has 2 N–H and O–H groups in total. The van der Waals surface area contributed by atoms with Crippen molar-refractivity contribution in [1.82, 2.24) is 19.7 Å². The highest BCUT2D eigenvalue weighted by Gasteiger charge is 2.60. The summed E-state index contributed by atoms with van der Waals surface area (Å²) in [7, 11) is 1.97. The third kappa shape index (κ3) is 3.63. The molecule has 0 aliphatic carbocycles. The highest BCUT2D eigenvalue weighted by atomic mass is 16.5. The van der Waals surface area contributed by atoms with Gasteiger partial charge in [0, 0.05) is 36.1 Å². The van der Waals surface area contributed by atoms with Crippen LogP contribution in [0.1, 0.15) is 43.6 Å². The fraction of sp³-hybridized carbons (Fsp3) is 0.407. The predicted octanol–water partition coefficient (Wildman–Crippen LogP) is 3.89. The van der Waals surface area contributed by atoms with E-state index in [1.165, 1.54) is 4.90 Å². The summed E-state index contributed by atoms with van der Waals surface area (Å²) >= 11 is 0. The number of phenols is 1. The maximum absolute atomic E-state index is 13.8. The standard InChI is InChI=1S/C27H32N4O4/c1-5-29(4)12-13-30-25(33)27(3)16-21-20-15-19(35-6-2)10-11-22(20)28-23(21)24(31(27)26(30)34)17-8-7-9-18(32)14-17/h7-11,14-15,24,28,32H,5-6,12-13,16H2,1-4H3. The number of fused-ring (bicyclic) bond motifs is 4. The van der Waals surface area contributed by atoms with Gasteiger partial charge < -0.3 is 19.7 Å². The van der Waals surface area contributed by atoms with Crippen molar-refractivity contribution in [1.29, 1.82) is 0 Å². The number of amides is 3. The topological polar surface area (TPSA) is 89.1 Å². The Kier molecular flexibility index (Phi) is 5.71. The molecule has 5 rings (SSSR count). The van der Waals surface area contributed by atoms with Crippen LogP contribution in [-0.2, 0) is 11.2 Å². The summed E-state index contributed by atoms with van der Waals surface area (Å²) in [5, 5.41) is 11.2. The zero-order valence-electron chi connectivity index (χ0n) is 20.7. The minimum absolute atomic E-state index is 0.116. The highest BCUT2D eigenvalue weighted by Crippen LogP contribution is 2.49. The van der Waals surface area contributed by atoms with Crippen molar-refractivity contribution in [3.8, 4) is 11.5 Å². The Hall–Kier alpha value is -3.52. The van der Waals surface area contributed by atoms with E-state index in [0.717, 1.165) is 40.0 Å². The average molecular weight is 477 g/mol. The Morgan fingerprint density at radius 1 is 1.20 bits per heavy atom. The second kappa shape index (κ2) is 8.61. The van der Waals surface area contributed by atoms with Crippen molar-refractivity contribution in [3.63, 3.8) is 0 Å². The summed E-state index contributed by atoms with van der Waals surface area (Å²) < 4.78 is 5.74. The highest BCUT2D eigenvalue weighted by molar-refractivity contribution is 6.08. The van der Waals surface area contributed by atoms with Gasteiger partial charge in [-0.05, 0) is 68.9 Å². The van der Waals surface area contributed by atoms with Gasteiger partial charge in [-0.15, -0.1) is 0 Å². The third-order valence-corrected chi connectivity index (χ3v) is 7.38. The largest absolute Gasteiger partial charge is 0.508 e. The molecule has 0 bridgehead atoms. The first-order chi connectivity index (χ1) is 16.8. The second-order valence-corrected chi connectivity index (χ2v) is 9.61. The van der Waals surface area contributed by atoms with Crippen LogP contribution in [0.4, 0.5) is 4.79 Å². The Bertz CT molecular complexity index is 1300. The van der Waals surface area contributed by atoms with E-state index in [1.807, 2.05) is 52.1 Å². The molecule has 35 heavy (non-hydrogen) atoms. The molecule has 3 amide bonds. The van der Waals surface area contributed by atoms with Gasteiger partial charge in [-0.1, -0.05) is 19.1 Å². The van der Waals surface area contributed by atoms with Gasteiger partial charge in [0.1, 0.15) is 23.1 Å². The number of nitrogens with one attached hydrogen (secondary N) is 1. The number of imide groups is 1. The van der Waals surface area contributed by atoms with Crippen LogP contribution < -0.4 is 4.74 Å². The number of aromatic hydroxyl groups is 1. The van der Waals surface area contributed by atoms with Gasteiger partial charge in [0.25, 0.3) is 5.91 Å². The summed E-state index contributed by atoms with van der Waals surface area (Å²) in [6.07, 6.45) is 0.401. The number of benzene rings is 2. The Balaban J connectivity index is 1.67. The molecule has 184 valence electrons. The van der Waals surface area contributed by atoms with E-state index in [-0.39, 0.29) is 17.7 Å². The molecule has 3 aromatic rings. The lowest BCUT2D eigenvalue weighted by Crippen LogP contribution is -2.53. The number of carbonyl (C=O) groups excluding carboxylic acids is 2. The summed E-state index contributed by atoms with van der Waals surface area (Å²) in [5.41, 5.74) is 2.51. The smallest absolute Gasteiger partial charge is 0.328 e. The van der Waals surface area contributed by atoms with E-state index in [0.29, 0.717) is 26.1 Å². The van der Waals surface area contributed by atoms with Gasteiger partial charge in [0.2, 0.25) is 0 Å². The van der Waals surface area contributed by atoms with Crippen molar-refractivity contribution >= 4 is 22.8 Å². The molecule has 1 aromatic heterocycles. The predicted molar refractivity (Wildman–Crippen MR) is 134 cm³/mol. The first-order valence-electron chi connectivity index (χ1n) is 12.2. The SMILES string of the molecule is CCOc1ccc2[nH]c3c(c2c1)CC1(C)C(=O)N(CCN(C)CC)C(=O)N1C3c1cccc(O)c1. The molecule has 8 heteroatoms. The number of aromatic amines is 1. The number of nitrogens with zero attached hydrogens (tertiary/aromatic N) is 3. The van der Waals surface area contributed by atoms with Crippen LogP contribution >= 0.6 is 0 Å². The molecule has 0 spiro atoms. The van der Waals surface area contributed by atoms with Gasteiger partial charge in [-0.2, -0.15) is 0 Å². The van der Waals surface area contributed by atoms with Crippen LogP contribution in [0.15, 0.2) is 42.5 Å². The summed E-state index contributed by atoms with van der Waals surface area (Å²) in [4.78, 5) is 36.3. The number of H-pyrrole nitrogens is 1. The molecule has 0 radical (unpaired) electrons. The van der Waals surface area contributed by atoms with E-state index < -0.39 is 11.6 Å². The normalized spacial score (nSPS) is 21.7. The molecule has 2 aromatic carbocycles. The van der Waals surface area contributed by atoms with Gasteiger partial charge in [0.05, 0.1) is 6.61 Å². The van der Waals surface area contributed by atoms with Crippen LogP contribution in [0, 0.1) is 0 Å². The van der Waals surface area contributed by atoms with Crippen molar-refractivity contribution in [2.24, 2.45) is 0 Å². The van der Waals surface area contributed by atoms with E-state index in [2.05, 4.69) is 9.88 Å². The minimum atomic E-state index is -1.04. The van der Waals surface area contributed by atoms with E-state index in [9.17, 15) is 14.7 Å². The first-order valence-corrected chi connectivity index (χ1v) is 12.2. The number of urea groups is 1. The number of likely N-dealkylation sites (N-methyl/N-ethyl adjacent to an activating group) is 1. The van der Waals surface area contributed by atoms with Gasteiger partial charge in [0.15, 0.2) is 0 Å². The fourth-order valence-electron chi connectivity index (χ4n) is 5.42. The zero-order chi connectivity index (χ0) is 24.9. The number of carbonyl (C=O) groups is 2. The van der Waals surface area contributed by atoms with Crippen LogP contribution in [0.2, 0.25) is 0 Å². The Labute approximate surface area is 205 Å². The first kappa shape index (κ1) is 23.2. The molecule has 1 saturated heterocycles. The number of aromatic nitrogens is 1. The van der Waals surface area contributed by atoms with Crippen molar-refractivity contribution in [3.05, 3.63) is 59.3 Å². The summed E-state index contributed by atoms with van der Waals surface area (Å²) in [5.74, 6) is 0.699. The number of rotatable bonds is 7. The van der Waals surface area contributed by atoms with Gasteiger partial charge in [-0.3, -0.25) is 14.6 Å². The number of ether oxygens (including phenoxy) is 1. The van der Waals surface area contributed by atoms with Crippen molar-refractivity contribution in [2.45, 2.75) is 38.8 Å². The van der Waals surface area contributed by atoms with Crippen molar-refractivity contribution in [2.75, 3.05) is 33.3 Å². The average Bonchev–Trinajstić information content (AvgIpc) is 3.28. The lowest BCUT2D eigenvalue weighted by Gasteiger charge is -2.42. The second-order valence-electron chi connectivity index (χ2n) is 9.61. The lowest BCUT2D eigenvalue weighted by atomic mass is 9.81. The monoisotopic (exact) mass is 476 g/mol. The van der Waals surface area contributed by atoms with Gasteiger partial charge >= 0.3 is 6.03 Å².